The van der Waals surface area contributed by atoms with Gasteiger partial charge < -0.3 is 10.2 Å². The third-order valence-corrected chi connectivity index (χ3v) is 4.55. The molecule has 20 heavy (non-hydrogen) atoms. The molecule has 1 heterocycles. The third-order valence-electron chi connectivity index (χ3n) is 3.68. The maximum atomic E-state index is 5.71. The lowest BCUT2D eigenvalue weighted by atomic mass is 10.0. The van der Waals surface area contributed by atoms with Gasteiger partial charge in [0.2, 0.25) is 0 Å². The quantitative estimate of drug-likeness (QED) is 0.831. The molecule has 0 saturated heterocycles. The van der Waals surface area contributed by atoms with E-state index in [0.29, 0.717) is 17.0 Å². The van der Waals surface area contributed by atoms with Crippen molar-refractivity contribution in [3.05, 3.63) is 41.3 Å². The van der Waals surface area contributed by atoms with Crippen LogP contribution in [0.25, 0.3) is 0 Å². The van der Waals surface area contributed by atoms with Crippen LogP contribution in [0.5, 0.6) is 0 Å². The zero-order chi connectivity index (χ0) is 14.5. The number of hydrogen-bond donors (Lipinski definition) is 1. The van der Waals surface area contributed by atoms with E-state index in [-0.39, 0.29) is 6.04 Å². The minimum atomic E-state index is 0.0697. The fraction of sp³-hybridized carbons (Fsp3) is 0.467. The topological polar surface area (TPSA) is 66.6 Å². The molecule has 0 fully saturated rings. The van der Waals surface area contributed by atoms with Crippen LogP contribution in [0, 0.1) is 12.8 Å². The molecule has 0 spiro atoms. The lowest BCUT2D eigenvalue weighted by Gasteiger charge is -2.09. The lowest BCUT2D eigenvalue weighted by Crippen LogP contribution is -2.56. The molecular formula is C15H22N3OS+. The van der Waals surface area contributed by atoms with E-state index in [4.69, 9.17) is 4.42 Å². The Morgan fingerprint density at radius 1 is 1.30 bits per heavy atom. The van der Waals surface area contributed by atoms with Gasteiger partial charge in [-0.1, -0.05) is 49.9 Å². The van der Waals surface area contributed by atoms with Crippen molar-refractivity contribution in [3.8, 4) is 0 Å². The molecule has 0 amide bonds. The summed E-state index contributed by atoms with van der Waals surface area (Å²) in [5.74, 6) is 1.94. The second-order valence-corrected chi connectivity index (χ2v) is 6.04. The normalized spacial score (nSPS) is 14.2. The predicted octanol–water partition coefficient (Wildman–Crippen LogP) is 3.00. The SMILES string of the molecule is CC[C@@H](C)[C@H]([NH3+])c1nnc(SCc2ccccc2C)o1. The first kappa shape index (κ1) is 15.1. The van der Waals surface area contributed by atoms with E-state index in [1.54, 1.807) is 11.8 Å². The summed E-state index contributed by atoms with van der Waals surface area (Å²) in [4.78, 5) is 0. The zero-order valence-corrected chi connectivity index (χ0v) is 13.1. The van der Waals surface area contributed by atoms with E-state index in [0.717, 1.165) is 12.2 Å². The molecular weight excluding hydrogens is 270 g/mol. The molecule has 2 atom stereocenters. The molecule has 0 radical (unpaired) electrons. The molecule has 108 valence electrons. The Morgan fingerprint density at radius 2 is 2.05 bits per heavy atom. The molecule has 0 aliphatic heterocycles. The van der Waals surface area contributed by atoms with E-state index in [9.17, 15) is 0 Å². The highest BCUT2D eigenvalue weighted by molar-refractivity contribution is 7.98. The Balaban J connectivity index is 1.98. The van der Waals surface area contributed by atoms with Crippen LogP contribution in [0.15, 0.2) is 33.9 Å². The molecule has 2 rings (SSSR count). The highest BCUT2D eigenvalue weighted by atomic mass is 32.2. The molecule has 5 heteroatoms. The van der Waals surface area contributed by atoms with E-state index in [2.05, 4.69) is 54.9 Å². The van der Waals surface area contributed by atoms with Gasteiger partial charge in [-0.15, -0.1) is 10.2 Å². The summed E-state index contributed by atoms with van der Waals surface area (Å²) < 4.78 is 5.71. The van der Waals surface area contributed by atoms with Crippen LogP contribution < -0.4 is 5.73 Å². The number of aromatic nitrogens is 2. The first-order valence-corrected chi connectivity index (χ1v) is 7.94. The van der Waals surface area contributed by atoms with Crippen LogP contribution in [0.4, 0.5) is 0 Å². The Bertz CT molecular complexity index is 556. The van der Waals surface area contributed by atoms with Crippen molar-refractivity contribution in [1.29, 1.82) is 0 Å². The smallest absolute Gasteiger partial charge is 0.277 e. The lowest BCUT2D eigenvalue weighted by molar-refractivity contribution is -0.444. The van der Waals surface area contributed by atoms with Crippen LogP contribution in [0.3, 0.4) is 0 Å². The minimum absolute atomic E-state index is 0.0697. The fourth-order valence-corrected chi connectivity index (χ4v) is 2.71. The van der Waals surface area contributed by atoms with Crippen molar-refractivity contribution in [2.75, 3.05) is 0 Å². The molecule has 3 N–H and O–H groups in total. The summed E-state index contributed by atoms with van der Waals surface area (Å²) in [6.45, 7) is 6.42. The van der Waals surface area contributed by atoms with Gasteiger partial charge in [0, 0.05) is 11.7 Å². The van der Waals surface area contributed by atoms with Gasteiger partial charge >= 0.3 is 0 Å². The number of aryl methyl sites for hydroxylation is 1. The second kappa shape index (κ2) is 6.90. The first-order valence-electron chi connectivity index (χ1n) is 6.95. The molecule has 1 aromatic carbocycles. The fourth-order valence-electron chi connectivity index (χ4n) is 1.87. The van der Waals surface area contributed by atoms with E-state index >= 15 is 0 Å². The van der Waals surface area contributed by atoms with Gasteiger partial charge in [0.15, 0.2) is 6.04 Å². The Hall–Kier alpha value is -1.33. The highest BCUT2D eigenvalue weighted by Crippen LogP contribution is 2.26. The molecule has 0 aliphatic rings. The Morgan fingerprint density at radius 3 is 2.75 bits per heavy atom. The second-order valence-electron chi connectivity index (χ2n) is 5.11. The maximum Gasteiger partial charge on any atom is 0.277 e. The summed E-state index contributed by atoms with van der Waals surface area (Å²) in [6.07, 6.45) is 1.06. The number of hydrogen-bond acceptors (Lipinski definition) is 4. The molecule has 0 bridgehead atoms. The Kier molecular flexibility index (Phi) is 5.20. The van der Waals surface area contributed by atoms with E-state index in [1.807, 2.05) is 6.07 Å². The maximum absolute atomic E-state index is 5.71. The predicted molar refractivity (Wildman–Crippen MR) is 80.1 cm³/mol. The summed E-state index contributed by atoms with van der Waals surface area (Å²) in [7, 11) is 0. The van der Waals surface area contributed by atoms with Crippen molar-refractivity contribution < 1.29 is 10.2 Å². The first-order chi connectivity index (χ1) is 9.61. The molecule has 1 aromatic heterocycles. The van der Waals surface area contributed by atoms with Crippen LogP contribution in [-0.2, 0) is 5.75 Å². The van der Waals surface area contributed by atoms with Gasteiger partial charge in [0.1, 0.15) is 0 Å². The molecule has 0 saturated carbocycles. The van der Waals surface area contributed by atoms with Gasteiger partial charge in [-0.2, -0.15) is 0 Å². The standard InChI is InChI=1S/C15H21N3OS/c1-4-10(2)13(16)14-17-18-15(19-14)20-9-12-8-6-5-7-11(12)3/h5-8,10,13H,4,9,16H2,1-3H3/p+1/t10-,13+/m1/s1. The highest BCUT2D eigenvalue weighted by Gasteiger charge is 2.23. The van der Waals surface area contributed by atoms with Crippen molar-refractivity contribution in [2.24, 2.45) is 5.92 Å². The van der Waals surface area contributed by atoms with Gasteiger partial charge in [-0.05, 0) is 24.5 Å². The number of thioether (sulfide) groups is 1. The summed E-state index contributed by atoms with van der Waals surface area (Å²) in [6, 6.07) is 8.41. The van der Waals surface area contributed by atoms with E-state index in [1.165, 1.54) is 11.1 Å². The van der Waals surface area contributed by atoms with Gasteiger partial charge in [-0.3, -0.25) is 0 Å². The van der Waals surface area contributed by atoms with Crippen LogP contribution >= 0.6 is 11.8 Å². The zero-order valence-electron chi connectivity index (χ0n) is 12.3. The average Bonchev–Trinajstić information content (AvgIpc) is 2.93. The number of quaternary nitrogens is 1. The van der Waals surface area contributed by atoms with Crippen LogP contribution in [0.1, 0.15) is 43.3 Å². The number of rotatable bonds is 6. The largest absolute Gasteiger partial charge is 0.410 e. The van der Waals surface area contributed by atoms with Gasteiger partial charge in [0.05, 0.1) is 0 Å². The van der Waals surface area contributed by atoms with Crippen molar-refractivity contribution in [1.82, 2.24) is 10.2 Å². The summed E-state index contributed by atoms with van der Waals surface area (Å²) in [5.41, 5.74) is 6.70. The number of nitrogens with zero attached hydrogens (tertiary/aromatic N) is 2. The minimum Gasteiger partial charge on any atom is -0.410 e. The van der Waals surface area contributed by atoms with Gasteiger partial charge in [0.25, 0.3) is 11.1 Å². The Labute approximate surface area is 124 Å². The van der Waals surface area contributed by atoms with Gasteiger partial charge in [-0.25, -0.2) is 0 Å². The summed E-state index contributed by atoms with van der Waals surface area (Å²) >= 11 is 1.58. The molecule has 2 aromatic rings. The monoisotopic (exact) mass is 292 g/mol. The van der Waals surface area contributed by atoms with Crippen LogP contribution in [0.2, 0.25) is 0 Å². The summed E-state index contributed by atoms with van der Waals surface area (Å²) in [5, 5.41) is 8.85. The van der Waals surface area contributed by atoms with Crippen molar-refractivity contribution in [3.63, 3.8) is 0 Å². The molecule has 4 nitrogen and oxygen atoms in total. The van der Waals surface area contributed by atoms with Crippen LogP contribution in [-0.4, -0.2) is 10.2 Å². The molecule has 0 aliphatic carbocycles. The van der Waals surface area contributed by atoms with E-state index < -0.39 is 0 Å². The van der Waals surface area contributed by atoms with Crippen molar-refractivity contribution in [2.45, 2.75) is 44.2 Å². The van der Waals surface area contributed by atoms with Crippen molar-refractivity contribution >= 4 is 11.8 Å². The third kappa shape index (κ3) is 3.61. The molecule has 0 unspecified atom stereocenters. The average molecular weight is 292 g/mol. The number of benzene rings is 1.